The fourth-order valence-electron chi connectivity index (χ4n) is 2.18. The molecule has 0 aromatic carbocycles. The molecule has 1 saturated heterocycles. The molecule has 0 spiro atoms. The van der Waals surface area contributed by atoms with Gasteiger partial charge in [-0.05, 0) is 19.8 Å². The Morgan fingerprint density at radius 1 is 1.65 bits per heavy atom. The summed E-state index contributed by atoms with van der Waals surface area (Å²) in [7, 11) is -0.970. The Morgan fingerprint density at radius 3 is 2.94 bits per heavy atom. The van der Waals surface area contributed by atoms with Crippen molar-refractivity contribution < 1.29 is 8.42 Å². The van der Waals surface area contributed by atoms with Gasteiger partial charge in [-0.25, -0.2) is 8.42 Å². The number of sulfone groups is 1. The van der Waals surface area contributed by atoms with Crippen LogP contribution in [0.1, 0.15) is 31.4 Å². The van der Waals surface area contributed by atoms with Crippen LogP contribution in [0.15, 0.2) is 12.4 Å². The minimum Gasteiger partial charge on any atom is -0.309 e. The Balaban J connectivity index is 1.90. The summed E-state index contributed by atoms with van der Waals surface area (Å²) in [6.45, 7) is 2.57. The van der Waals surface area contributed by atoms with E-state index in [1.54, 1.807) is 10.9 Å². The highest BCUT2D eigenvalue weighted by molar-refractivity contribution is 7.92. The molecule has 2 atom stereocenters. The maximum absolute atomic E-state index is 11.7. The molecule has 0 bridgehead atoms. The molecule has 2 rings (SSSR count). The lowest BCUT2D eigenvalue weighted by molar-refractivity contribution is 0.538. The molecule has 0 amide bonds. The summed E-state index contributed by atoms with van der Waals surface area (Å²) < 4.78 is 25.1. The van der Waals surface area contributed by atoms with Crippen molar-refractivity contribution in [2.24, 2.45) is 7.05 Å². The molecule has 0 saturated carbocycles. The predicted octanol–water partition coefficient (Wildman–Crippen LogP) is 0.648. The second-order valence-electron chi connectivity index (χ2n) is 4.71. The molecule has 5 nitrogen and oxygen atoms in total. The first-order valence-electron chi connectivity index (χ1n) is 5.92. The van der Waals surface area contributed by atoms with Gasteiger partial charge in [-0.15, -0.1) is 0 Å². The van der Waals surface area contributed by atoms with E-state index in [9.17, 15) is 8.42 Å². The molecule has 6 heteroatoms. The lowest BCUT2D eigenvalue weighted by Gasteiger charge is -2.15. The van der Waals surface area contributed by atoms with Crippen LogP contribution in [-0.4, -0.2) is 35.7 Å². The Labute approximate surface area is 102 Å². The van der Waals surface area contributed by atoms with Crippen molar-refractivity contribution in [3.8, 4) is 0 Å². The number of aryl methyl sites for hydroxylation is 1. The van der Waals surface area contributed by atoms with Crippen molar-refractivity contribution >= 4 is 9.84 Å². The number of nitrogens with zero attached hydrogens (tertiary/aromatic N) is 2. The van der Waals surface area contributed by atoms with Gasteiger partial charge in [0.1, 0.15) is 0 Å². The SMILES string of the molecule is CC(NCC1CCCS1(=O)=O)c1cnn(C)c1. The number of aromatic nitrogens is 2. The molecule has 96 valence electrons. The fraction of sp³-hybridized carbons (Fsp3) is 0.727. The summed E-state index contributed by atoms with van der Waals surface area (Å²) in [4.78, 5) is 0. The van der Waals surface area contributed by atoms with Crippen molar-refractivity contribution in [1.29, 1.82) is 0 Å². The quantitative estimate of drug-likeness (QED) is 0.860. The average Bonchev–Trinajstić information content (AvgIpc) is 2.81. The Morgan fingerprint density at radius 2 is 2.41 bits per heavy atom. The Hall–Kier alpha value is -0.880. The van der Waals surface area contributed by atoms with Gasteiger partial charge in [0.05, 0.1) is 17.2 Å². The summed E-state index contributed by atoms with van der Waals surface area (Å²) in [6.07, 6.45) is 5.34. The molecule has 2 unspecified atom stereocenters. The van der Waals surface area contributed by atoms with Crippen LogP contribution >= 0.6 is 0 Å². The first kappa shape index (κ1) is 12.6. The molecule has 1 aliphatic heterocycles. The molecule has 0 radical (unpaired) electrons. The van der Waals surface area contributed by atoms with Gasteiger partial charge in [-0.3, -0.25) is 4.68 Å². The van der Waals surface area contributed by atoms with Crippen LogP contribution < -0.4 is 5.32 Å². The van der Waals surface area contributed by atoms with E-state index in [2.05, 4.69) is 10.4 Å². The number of hydrogen-bond acceptors (Lipinski definition) is 4. The molecular formula is C11H19N3O2S. The first-order chi connectivity index (χ1) is 7.99. The molecule has 1 aliphatic rings. The summed E-state index contributed by atoms with van der Waals surface area (Å²) in [5, 5.41) is 7.17. The normalized spacial score (nSPS) is 24.9. The van der Waals surface area contributed by atoms with E-state index in [1.807, 2.05) is 20.2 Å². The third-order valence-electron chi connectivity index (χ3n) is 3.34. The van der Waals surface area contributed by atoms with Crippen LogP contribution in [0.5, 0.6) is 0 Å². The van der Waals surface area contributed by atoms with E-state index < -0.39 is 9.84 Å². The second-order valence-corrected chi connectivity index (χ2v) is 7.11. The zero-order valence-corrected chi connectivity index (χ0v) is 11.1. The predicted molar refractivity (Wildman–Crippen MR) is 66.4 cm³/mol. The van der Waals surface area contributed by atoms with Crippen molar-refractivity contribution in [3.05, 3.63) is 18.0 Å². The zero-order chi connectivity index (χ0) is 12.5. The van der Waals surface area contributed by atoms with Gasteiger partial charge in [0.25, 0.3) is 0 Å². The highest BCUT2D eigenvalue weighted by Crippen LogP contribution is 2.20. The van der Waals surface area contributed by atoms with E-state index in [0.717, 1.165) is 18.4 Å². The summed E-state index contributed by atoms with van der Waals surface area (Å²) >= 11 is 0. The number of hydrogen-bond donors (Lipinski definition) is 1. The molecule has 2 heterocycles. The number of nitrogens with one attached hydrogen (secondary N) is 1. The standard InChI is InChI=1S/C11H19N3O2S/c1-9(10-6-13-14(2)8-10)12-7-11-4-3-5-17(11,15)16/h6,8-9,11-12H,3-5,7H2,1-2H3. The van der Waals surface area contributed by atoms with Gasteiger partial charge >= 0.3 is 0 Å². The second kappa shape index (κ2) is 4.78. The lowest BCUT2D eigenvalue weighted by Crippen LogP contribution is -2.32. The van der Waals surface area contributed by atoms with E-state index in [1.165, 1.54) is 0 Å². The summed E-state index contributed by atoms with van der Waals surface area (Å²) in [5.74, 6) is 0.348. The lowest BCUT2D eigenvalue weighted by atomic mass is 10.2. The van der Waals surface area contributed by atoms with Crippen molar-refractivity contribution in [1.82, 2.24) is 15.1 Å². The van der Waals surface area contributed by atoms with Crippen LogP contribution in [0.4, 0.5) is 0 Å². The maximum atomic E-state index is 11.7. The molecule has 1 aromatic rings. The smallest absolute Gasteiger partial charge is 0.154 e. The molecular weight excluding hydrogens is 238 g/mol. The average molecular weight is 257 g/mol. The van der Waals surface area contributed by atoms with Gasteiger partial charge < -0.3 is 5.32 Å². The third kappa shape index (κ3) is 2.87. The van der Waals surface area contributed by atoms with Crippen molar-refractivity contribution in [2.75, 3.05) is 12.3 Å². The molecule has 1 aromatic heterocycles. The largest absolute Gasteiger partial charge is 0.309 e. The van der Waals surface area contributed by atoms with Crippen LogP contribution in [-0.2, 0) is 16.9 Å². The van der Waals surface area contributed by atoms with Gasteiger partial charge in [0.2, 0.25) is 0 Å². The molecule has 1 N–H and O–H groups in total. The first-order valence-corrected chi connectivity index (χ1v) is 7.64. The van der Waals surface area contributed by atoms with E-state index >= 15 is 0 Å². The van der Waals surface area contributed by atoms with Crippen molar-refractivity contribution in [3.63, 3.8) is 0 Å². The summed E-state index contributed by atoms with van der Waals surface area (Å²) in [6, 6.07) is 0.138. The van der Waals surface area contributed by atoms with E-state index in [-0.39, 0.29) is 11.3 Å². The van der Waals surface area contributed by atoms with Crippen LogP contribution in [0.3, 0.4) is 0 Å². The number of rotatable bonds is 4. The highest BCUT2D eigenvalue weighted by atomic mass is 32.2. The molecule has 17 heavy (non-hydrogen) atoms. The molecule has 1 fully saturated rings. The fourth-order valence-corrected chi connectivity index (χ4v) is 3.96. The van der Waals surface area contributed by atoms with Gasteiger partial charge in [-0.2, -0.15) is 5.10 Å². The molecule has 0 aliphatic carbocycles. The van der Waals surface area contributed by atoms with Gasteiger partial charge in [0, 0.05) is 31.4 Å². The Bertz CT molecular complexity index is 481. The van der Waals surface area contributed by atoms with Crippen LogP contribution in [0.2, 0.25) is 0 Å². The van der Waals surface area contributed by atoms with Gasteiger partial charge in [0.15, 0.2) is 9.84 Å². The maximum Gasteiger partial charge on any atom is 0.154 e. The monoisotopic (exact) mass is 257 g/mol. The minimum atomic E-state index is -2.84. The van der Waals surface area contributed by atoms with E-state index in [0.29, 0.717) is 12.3 Å². The van der Waals surface area contributed by atoms with Crippen LogP contribution in [0.25, 0.3) is 0 Å². The third-order valence-corrected chi connectivity index (χ3v) is 5.62. The van der Waals surface area contributed by atoms with Crippen molar-refractivity contribution in [2.45, 2.75) is 31.1 Å². The van der Waals surface area contributed by atoms with Crippen LogP contribution in [0, 0.1) is 0 Å². The van der Waals surface area contributed by atoms with Gasteiger partial charge in [-0.1, -0.05) is 0 Å². The van der Waals surface area contributed by atoms with E-state index in [4.69, 9.17) is 0 Å². The highest BCUT2D eigenvalue weighted by Gasteiger charge is 2.31. The topological polar surface area (TPSA) is 64.0 Å². The Kier molecular flexibility index (Phi) is 3.53. The minimum absolute atomic E-state index is 0.138. The zero-order valence-electron chi connectivity index (χ0n) is 10.3. The summed E-state index contributed by atoms with van der Waals surface area (Å²) in [5.41, 5.74) is 1.09.